The number of carbonyl (C=O) groups excluding carboxylic acids is 1. The molecule has 2 unspecified atom stereocenters. The molecule has 0 aliphatic heterocycles. The van der Waals surface area contributed by atoms with E-state index in [2.05, 4.69) is 20.4 Å². The van der Waals surface area contributed by atoms with E-state index >= 15 is 0 Å². The summed E-state index contributed by atoms with van der Waals surface area (Å²) in [6.45, 7) is 4.01. The van der Waals surface area contributed by atoms with E-state index < -0.39 is 0 Å². The summed E-state index contributed by atoms with van der Waals surface area (Å²) in [5, 5.41) is 16.1. The molecular formula is C17H24N4O3. The third kappa shape index (κ3) is 5.13. The van der Waals surface area contributed by atoms with Gasteiger partial charge in [-0.15, -0.1) is 0 Å². The first-order chi connectivity index (χ1) is 11.6. The molecule has 0 saturated carbocycles. The van der Waals surface area contributed by atoms with Crippen molar-refractivity contribution < 1.29 is 14.4 Å². The maximum atomic E-state index is 12.0. The largest absolute Gasteiger partial charge is 0.394 e. The number of carbonyl (C=O) groups is 1. The van der Waals surface area contributed by atoms with Crippen molar-refractivity contribution in [3.8, 4) is 11.4 Å². The molecule has 2 rings (SSSR count). The summed E-state index contributed by atoms with van der Waals surface area (Å²) in [6, 6.07) is 3.48. The molecule has 0 aliphatic rings. The van der Waals surface area contributed by atoms with Crippen LogP contribution in [0.15, 0.2) is 29.0 Å². The molecule has 2 N–H and O–H groups in total. The van der Waals surface area contributed by atoms with Crippen LogP contribution in [0.3, 0.4) is 0 Å². The van der Waals surface area contributed by atoms with Crippen LogP contribution in [0.2, 0.25) is 0 Å². The number of aliphatic hydroxyl groups excluding tert-OH is 1. The zero-order valence-corrected chi connectivity index (χ0v) is 14.1. The van der Waals surface area contributed by atoms with Crippen LogP contribution in [-0.4, -0.2) is 38.8 Å². The van der Waals surface area contributed by atoms with Gasteiger partial charge in [0.1, 0.15) is 0 Å². The van der Waals surface area contributed by atoms with Gasteiger partial charge in [-0.05, 0) is 24.5 Å². The first-order valence-electron chi connectivity index (χ1n) is 8.27. The number of aliphatic hydroxyl groups is 1. The number of amides is 1. The Kier molecular flexibility index (Phi) is 6.87. The van der Waals surface area contributed by atoms with E-state index in [0.29, 0.717) is 31.0 Å². The summed E-state index contributed by atoms with van der Waals surface area (Å²) in [7, 11) is 0. The molecule has 1 amide bonds. The highest BCUT2D eigenvalue weighted by atomic mass is 16.5. The van der Waals surface area contributed by atoms with Crippen LogP contribution in [-0.2, 0) is 11.2 Å². The normalized spacial score (nSPS) is 13.5. The van der Waals surface area contributed by atoms with E-state index in [1.54, 1.807) is 12.4 Å². The standard InChI is InChI=1S/C17H24N4O3/c1-3-12(2)14(11-22)19-15(23)7-4-8-16-20-17(21-24-16)13-6-5-9-18-10-13/h5-6,9-10,12,14,22H,3-4,7-8,11H2,1-2H3,(H,19,23). The number of hydrogen-bond donors (Lipinski definition) is 2. The Hall–Kier alpha value is -2.28. The van der Waals surface area contributed by atoms with Crippen molar-refractivity contribution in [2.24, 2.45) is 5.92 Å². The second-order valence-electron chi connectivity index (χ2n) is 5.85. The zero-order chi connectivity index (χ0) is 17.4. The SMILES string of the molecule is CCC(C)C(CO)NC(=O)CCCc1nc(-c2cccnc2)no1. The minimum atomic E-state index is -0.192. The summed E-state index contributed by atoms with van der Waals surface area (Å²) in [6.07, 6.45) is 5.77. The molecule has 0 spiro atoms. The molecule has 0 aliphatic carbocycles. The Morgan fingerprint density at radius 3 is 2.96 bits per heavy atom. The highest BCUT2D eigenvalue weighted by Crippen LogP contribution is 2.14. The van der Waals surface area contributed by atoms with Crippen LogP contribution >= 0.6 is 0 Å². The lowest BCUT2D eigenvalue weighted by atomic mass is 10.00. The Balaban J connectivity index is 1.78. The van der Waals surface area contributed by atoms with Crippen molar-refractivity contribution in [3.63, 3.8) is 0 Å². The number of aryl methyl sites for hydroxylation is 1. The fourth-order valence-corrected chi connectivity index (χ4v) is 2.30. The van der Waals surface area contributed by atoms with Gasteiger partial charge in [-0.1, -0.05) is 25.4 Å². The van der Waals surface area contributed by atoms with E-state index in [9.17, 15) is 9.90 Å². The van der Waals surface area contributed by atoms with E-state index in [1.165, 1.54) is 0 Å². The quantitative estimate of drug-likeness (QED) is 0.728. The van der Waals surface area contributed by atoms with Gasteiger partial charge in [-0.3, -0.25) is 9.78 Å². The monoisotopic (exact) mass is 332 g/mol. The van der Waals surface area contributed by atoms with Gasteiger partial charge in [0, 0.05) is 30.8 Å². The molecule has 0 aromatic carbocycles. The van der Waals surface area contributed by atoms with Crippen molar-refractivity contribution in [3.05, 3.63) is 30.4 Å². The molecular weight excluding hydrogens is 308 g/mol. The smallest absolute Gasteiger partial charge is 0.226 e. The van der Waals surface area contributed by atoms with Crippen LogP contribution in [0, 0.1) is 5.92 Å². The zero-order valence-electron chi connectivity index (χ0n) is 14.1. The maximum absolute atomic E-state index is 12.0. The molecule has 0 fully saturated rings. The number of nitrogens with zero attached hydrogens (tertiary/aromatic N) is 3. The molecule has 7 nitrogen and oxygen atoms in total. The summed E-state index contributed by atoms with van der Waals surface area (Å²) >= 11 is 0. The van der Waals surface area contributed by atoms with Gasteiger partial charge in [-0.2, -0.15) is 4.98 Å². The molecule has 7 heteroatoms. The van der Waals surface area contributed by atoms with Gasteiger partial charge in [0.05, 0.1) is 12.6 Å². The lowest BCUT2D eigenvalue weighted by molar-refractivity contribution is -0.122. The average Bonchev–Trinajstić information content (AvgIpc) is 3.08. The van der Waals surface area contributed by atoms with Crippen LogP contribution in [0.25, 0.3) is 11.4 Å². The van der Waals surface area contributed by atoms with Gasteiger partial charge in [0.15, 0.2) is 0 Å². The Labute approximate surface area is 141 Å². The van der Waals surface area contributed by atoms with Crippen LogP contribution in [0.4, 0.5) is 0 Å². The minimum Gasteiger partial charge on any atom is -0.394 e. The average molecular weight is 332 g/mol. The van der Waals surface area contributed by atoms with Crippen molar-refractivity contribution in [2.75, 3.05) is 6.61 Å². The Morgan fingerprint density at radius 2 is 2.29 bits per heavy atom. The third-order valence-electron chi connectivity index (χ3n) is 4.06. The van der Waals surface area contributed by atoms with Gasteiger partial charge in [0.25, 0.3) is 0 Å². The summed E-state index contributed by atoms with van der Waals surface area (Å²) in [5.74, 6) is 1.18. The van der Waals surface area contributed by atoms with E-state index in [1.807, 2.05) is 26.0 Å². The number of hydrogen-bond acceptors (Lipinski definition) is 6. The molecule has 2 aromatic heterocycles. The van der Waals surface area contributed by atoms with Crippen molar-refractivity contribution in [2.45, 2.75) is 45.6 Å². The van der Waals surface area contributed by atoms with Gasteiger partial charge in [0.2, 0.25) is 17.6 Å². The first-order valence-corrected chi connectivity index (χ1v) is 8.27. The summed E-state index contributed by atoms with van der Waals surface area (Å²) < 4.78 is 5.20. The van der Waals surface area contributed by atoms with Crippen molar-refractivity contribution in [1.82, 2.24) is 20.4 Å². The Bertz CT molecular complexity index is 630. The van der Waals surface area contributed by atoms with Crippen LogP contribution < -0.4 is 5.32 Å². The third-order valence-corrected chi connectivity index (χ3v) is 4.06. The second kappa shape index (κ2) is 9.12. The minimum absolute atomic E-state index is 0.0428. The lowest BCUT2D eigenvalue weighted by Crippen LogP contribution is -2.41. The second-order valence-corrected chi connectivity index (χ2v) is 5.85. The molecule has 2 atom stereocenters. The maximum Gasteiger partial charge on any atom is 0.226 e. The number of nitrogens with one attached hydrogen (secondary N) is 1. The molecule has 2 aromatic rings. The van der Waals surface area contributed by atoms with Crippen LogP contribution in [0.1, 0.15) is 39.0 Å². The van der Waals surface area contributed by atoms with Crippen LogP contribution in [0.5, 0.6) is 0 Å². The highest BCUT2D eigenvalue weighted by Gasteiger charge is 2.17. The summed E-state index contributed by atoms with van der Waals surface area (Å²) in [4.78, 5) is 20.3. The molecule has 24 heavy (non-hydrogen) atoms. The molecule has 0 bridgehead atoms. The number of aromatic nitrogens is 3. The van der Waals surface area contributed by atoms with E-state index in [-0.39, 0.29) is 24.5 Å². The topological polar surface area (TPSA) is 101 Å². The molecule has 0 radical (unpaired) electrons. The fraction of sp³-hybridized carbons (Fsp3) is 0.529. The number of rotatable bonds is 9. The van der Waals surface area contributed by atoms with Gasteiger partial charge < -0.3 is 14.9 Å². The van der Waals surface area contributed by atoms with Gasteiger partial charge in [-0.25, -0.2) is 0 Å². The van der Waals surface area contributed by atoms with Gasteiger partial charge >= 0.3 is 0 Å². The molecule has 0 saturated heterocycles. The molecule has 2 heterocycles. The predicted octanol–water partition coefficient (Wildman–Crippen LogP) is 1.98. The highest BCUT2D eigenvalue weighted by molar-refractivity contribution is 5.76. The van der Waals surface area contributed by atoms with Crippen molar-refractivity contribution in [1.29, 1.82) is 0 Å². The fourth-order valence-electron chi connectivity index (χ4n) is 2.30. The first kappa shape index (κ1) is 18.1. The Morgan fingerprint density at radius 1 is 1.46 bits per heavy atom. The predicted molar refractivity (Wildman–Crippen MR) is 88.9 cm³/mol. The van der Waals surface area contributed by atoms with Crippen molar-refractivity contribution >= 4 is 5.91 Å². The van der Waals surface area contributed by atoms with E-state index in [0.717, 1.165) is 12.0 Å². The number of pyridine rings is 1. The molecule has 130 valence electrons. The summed E-state index contributed by atoms with van der Waals surface area (Å²) in [5.41, 5.74) is 0.796. The van der Waals surface area contributed by atoms with E-state index in [4.69, 9.17) is 4.52 Å². The lowest BCUT2D eigenvalue weighted by Gasteiger charge is -2.22.